The second-order valence-electron chi connectivity index (χ2n) is 12.3. The van der Waals surface area contributed by atoms with Crippen molar-refractivity contribution >= 4 is 0 Å². The van der Waals surface area contributed by atoms with Crippen LogP contribution in [0.2, 0.25) is 0 Å². The van der Waals surface area contributed by atoms with Crippen LogP contribution in [0, 0.1) is 58.1 Å². The fourth-order valence-electron chi connectivity index (χ4n) is 10.6. The lowest BCUT2D eigenvalue weighted by Gasteiger charge is -2.64. The van der Waals surface area contributed by atoms with Crippen molar-refractivity contribution in [2.24, 2.45) is 46.3 Å². The molecule has 9 rings (SSSR count). The molecule has 8 saturated carbocycles. The summed E-state index contributed by atoms with van der Waals surface area (Å²) in [6.45, 7) is 0. The van der Waals surface area contributed by atoms with Crippen LogP contribution in [0.5, 0.6) is 0 Å². The molecule has 0 saturated heterocycles. The molecule has 0 atom stereocenters. The summed E-state index contributed by atoms with van der Waals surface area (Å²) >= 11 is 0. The highest BCUT2D eigenvalue weighted by molar-refractivity contribution is 5.42. The molecule has 1 aromatic carbocycles. The molecule has 8 bridgehead atoms. The average Bonchev–Trinajstić information content (AvgIpc) is 2.61. The van der Waals surface area contributed by atoms with Gasteiger partial charge in [0.25, 0.3) is 0 Å². The third kappa shape index (κ3) is 2.31. The maximum absolute atomic E-state index is 13.9. The van der Waals surface area contributed by atoms with Gasteiger partial charge < -0.3 is 0 Å². The van der Waals surface area contributed by atoms with Crippen LogP contribution in [0.25, 0.3) is 0 Å². The van der Waals surface area contributed by atoms with Crippen molar-refractivity contribution in [3.63, 3.8) is 0 Å². The Bertz CT molecular complexity index is 659. The van der Waals surface area contributed by atoms with Crippen LogP contribution < -0.4 is 0 Å². The second-order valence-corrected chi connectivity index (χ2v) is 12.3. The first-order chi connectivity index (χ1) is 13.6. The molecule has 0 nitrogen and oxygen atoms in total. The normalized spacial score (nSPS) is 50.3. The molecular weight excluding hydrogens is 343 g/mol. The number of hydrogen-bond donors (Lipinski definition) is 0. The van der Waals surface area contributed by atoms with Gasteiger partial charge in [-0.05, 0) is 113 Å². The van der Waals surface area contributed by atoms with Gasteiger partial charge in [0.05, 0.1) is 0 Å². The van der Waals surface area contributed by atoms with Gasteiger partial charge in [0, 0.05) is 41.0 Å². The SMILES string of the molecule is Fc1ccc([C+](C23CC4CC(CC(C4)C2)C3)C23CC4CC(CC(C4)C2)C3)cc1. The molecule has 0 radical (unpaired) electrons. The van der Waals surface area contributed by atoms with E-state index in [4.69, 9.17) is 0 Å². The molecule has 0 aromatic heterocycles. The number of benzene rings is 1. The molecule has 1 aromatic rings. The fourth-order valence-corrected chi connectivity index (χ4v) is 10.6. The molecule has 8 aliphatic rings. The minimum absolute atomic E-state index is 0.0703. The van der Waals surface area contributed by atoms with Gasteiger partial charge in [0.15, 0.2) is 0 Å². The molecule has 0 heterocycles. The van der Waals surface area contributed by atoms with Crippen molar-refractivity contribution in [3.8, 4) is 0 Å². The molecule has 8 fully saturated rings. The standard InChI is InChI=1S/C27H34F/c28-24-3-1-23(2-4-24)25(26-11-17-5-18(12-26)7-19(6-17)13-26)27-14-20-8-21(15-27)10-22(9-20)16-27/h1-4,17-22H,5-16H2/q+1. The lowest BCUT2D eigenvalue weighted by atomic mass is 9.37. The van der Waals surface area contributed by atoms with Gasteiger partial charge in [0.1, 0.15) is 11.4 Å². The summed E-state index contributed by atoms with van der Waals surface area (Å²) in [7, 11) is 0. The maximum Gasteiger partial charge on any atom is 0.149 e. The zero-order valence-corrected chi connectivity index (χ0v) is 17.1. The van der Waals surface area contributed by atoms with E-state index in [9.17, 15) is 4.39 Å². The summed E-state index contributed by atoms with van der Waals surface area (Å²) in [5.41, 5.74) is 2.35. The number of hydrogen-bond acceptors (Lipinski definition) is 0. The Kier molecular flexibility index (Phi) is 3.34. The highest BCUT2D eigenvalue weighted by Crippen LogP contribution is 2.73. The monoisotopic (exact) mass is 377 g/mol. The van der Waals surface area contributed by atoms with Crippen LogP contribution in [0.1, 0.15) is 82.6 Å². The predicted molar refractivity (Wildman–Crippen MR) is 110 cm³/mol. The van der Waals surface area contributed by atoms with Crippen molar-refractivity contribution in [2.45, 2.75) is 77.0 Å². The van der Waals surface area contributed by atoms with Gasteiger partial charge in [-0.25, -0.2) is 4.39 Å². The molecule has 28 heavy (non-hydrogen) atoms. The van der Waals surface area contributed by atoms with Crippen LogP contribution >= 0.6 is 0 Å². The highest BCUT2D eigenvalue weighted by Gasteiger charge is 2.66. The zero-order valence-electron chi connectivity index (χ0n) is 17.1. The lowest BCUT2D eigenvalue weighted by molar-refractivity contribution is -0.0988. The van der Waals surface area contributed by atoms with E-state index in [0.29, 0.717) is 10.8 Å². The molecule has 148 valence electrons. The van der Waals surface area contributed by atoms with Crippen molar-refractivity contribution in [2.75, 3.05) is 0 Å². The van der Waals surface area contributed by atoms with Crippen LogP contribution in [0.15, 0.2) is 24.3 Å². The summed E-state index contributed by atoms with van der Waals surface area (Å²) in [5, 5.41) is 0. The van der Waals surface area contributed by atoms with Crippen molar-refractivity contribution in [3.05, 3.63) is 41.6 Å². The van der Waals surface area contributed by atoms with E-state index in [-0.39, 0.29) is 5.82 Å². The Balaban J connectivity index is 1.37. The molecule has 0 aliphatic heterocycles. The minimum Gasteiger partial charge on any atom is -0.204 e. The van der Waals surface area contributed by atoms with Crippen molar-refractivity contribution < 1.29 is 4.39 Å². The second kappa shape index (κ2) is 5.58. The molecular formula is C27H34F+. The van der Waals surface area contributed by atoms with Gasteiger partial charge in [-0.2, -0.15) is 0 Å². The average molecular weight is 378 g/mol. The predicted octanol–water partition coefficient (Wildman–Crippen LogP) is 7.18. The fraction of sp³-hybridized carbons (Fsp3) is 0.741. The third-order valence-corrected chi connectivity index (χ3v) is 10.3. The maximum atomic E-state index is 13.9. The Morgan fingerprint density at radius 1 is 0.571 bits per heavy atom. The number of rotatable bonds is 3. The van der Waals surface area contributed by atoms with E-state index in [1.807, 2.05) is 5.92 Å². The van der Waals surface area contributed by atoms with E-state index in [1.165, 1.54) is 82.6 Å². The molecule has 8 aliphatic carbocycles. The van der Waals surface area contributed by atoms with E-state index < -0.39 is 0 Å². The van der Waals surface area contributed by atoms with Crippen LogP contribution in [0.4, 0.5) is 4.39 Å². The van der Waals surface area contributed by atoms with Crippen molar-refractivity contribution in [1.82, 2.24) is 0 Å². The van der Waals surface area contributed by atoms with Crippen molar-refractivity contribution in [1.29, 1.82) is 0 Å². The quantitative estimate of drug-likeness (QED) is 0.489. The Labute approximate surface area is 169 Å². The number of halogens is 1. The van der Waals surface area contributed by atoms with E-state index in [0.717, 1.165) is 35.5 Å². The summed E-state index contributed by atoms with van der Waals surface area (Å²) in [4.78, 5) is 0. The topological polar surface area (TPSA) is 0 Å². The summed E-state index contributed by atoms with van der Waals surface area (Å²) in [5.74, 6) is 7.68. The largest absolute Gasteiger partial charge is 0.204 e. The van der Waals surface area contributed by atoms with Gasteiger partial charge in [-0.1, -0.05) is 0 Å². The van der Waals surface area contributed by atoms with Gasteiger partial charge in [-0.3, -0.25) is 0 Å². The molecule has 0 spiro atoms. The van der Waals surface area contributed by atoms with Gasteiger partial charge in [-0.15, -0.1) is 0 Å². The first-order valence-electron chi connectivity index (χ1n) is 12.2. The van der Waals surface area contributed by atoms with Crippen LogP contribution in [-0.2, 0) is 0 Å². The first kappa shape index (κ1) is 16.8. The molecule has 1 heteroatoms. The van der Waals surface area contributed by atoms with E-state index in [2.05, 4.69) is 12.1 Å². The Morgan fingerprint density at radius 3 is 1.21 bits per heavy atom. The summed E-state index contributed by atoms with van der Waals surface area (Å²) in [6, 6.07) is 7.83. The minimum atomic E-state index is -0.0703. The summed E-state index contributed by atoms with van der Waals surface area (Å²) < 4.78 is 13.9. The smallest absolute Gasteiger partial charge is 0.149 e. The first-order valence-corrected chi connectivity index (χ1v) is 12.2. The van der Waals surface area contributed by atoms with Crippen LogP contribution in [-0.4, -0.2) is 0 Å². The summed E-state index contributed by atoms with van der Waals surface area (Å²) in [6.07, 6.45) is 17.8. The highest BCUT2D eigenvalue weighted by atomic mass is 19.1. The van der Waals surface area contributed by atoms with Gasteiger partial charge >= 0.3 is 0 Å². The zero-order chi connectivity index (χ0) is 18.5. The lowest BCUT2D eigenvalue weighted by Crippen LogP contribution is -2.57. The third-order valence-electron chi connectivity index (χ3n) is 10.3. The Hall–Kier alpha value is -0.980. The van der Waals surface area contributed by atoms with E-state index >= 15 is 0 Å². The van der Waals surface area contributed by atoms with E-state index in [1.54, 1.807) is 12.1 Å². The Morgan fingerprint density at radius 2 is 0.893 bits per heavy atom. The van der Waals surface area contributed by atoms with Crippen LogP contribution in [0.3, 0.4) is 0 Å². The molecule has 0 unspecified atom stereocenters. The van der Waals surface area contributed by atoms with Gasteiger partial charge in [0.2, 0.25) is 0 Å². The molecule has 0 N–H and O–H groups in total. The molecule has 0 amide bonds.